The van der Waals surface area contributed by atoms with E-state index in [2.05, 4.69) is 4.98 Å². The molecule has 0 atom stereocenters. The predicted molar refractivity (Wildman–Crippen MR) is 54.9 cm³/mol. The number of carbonyl (C=O) groups is 1. The Morgan fingerprint density at radius 3 is 2.80 bits per heavy atom. The molecule has 2 aromatic rings. The van der Waals surface area contributed by atoms with E-state index in [1.165, 1.54) is 12.1 Å². The Labute approximate surface area is 85.8 Å². The standard InChI is InChI=1S/C10H9N3O2/c11-8-5-7(10(14)15)1-2-9(8)13-4-3-12-6-13/h1-6H,11H2,(H,14,15). The summed E-state index contributed by atoms with van der Waals surface area (Å²) in [5, 5.41) is 8.76. The Hall–Kier alpha value is -2.30. The van der Waals surface area contributed by atoms with E-state index < -0.39 is 5.97 Å². The van der Waals surface area contributed by atoms with Gasteiger partial charge in [-0.25, -0.2) is 9.78 Å². The van der Waals surface area contributed by atoms with E-state index >= 15 is 0 Å². The highest BCUT2D eigenvalue weighted by Gasteiger charge is 2.06. The second-order valence-corrected chi connectivity index (χ2v) is 3.05. The maximum Gasteiger partial charge on any atom is 0.335 e. The Balaban J connectivity index is 2.48. The molecule has 3 N–H and O–H groups in total. The van der Waals surface area contributed by atoms with Gasteiger partial charge in [0.15, 0.2) is 0 Å². The number of imidazole rings is 1. The van der Waals surface area contributed by atoms with Crippen molar-refractivity contribution < 1.29 is 9.90 Å². The summed E-state index contributed by atoms with van der Waals surface area (Å²) < 4.78 is 1.72. The van der Waals surface area contributed by atoms with Crippen LogP contribution in [0.4, 0.5) is 5.69 Å². The molecule has 0 aliphatic carbocycles. The molecule has 5 heteroatoms. The highest BCUT2D eigenvalue weighted by Crippen LogP contribution is 2.18. The zero-order chi connectivity index (χ0) is 10.8. The van der Waals surface area contributed by atoms with E-state index in [-0.39, 0.29) is 5.56 Å². The Bertz CT molecular complexity index is 491. The van der Waals surface area contributed by atoms with Crippen LogP contribution < -0.4 is 5.73 Å². The zero-order valence-corrected chi connectivity index (χ0v) is 7.79. The molecular weight excluding hydrogens is 194 g/mol. The average molecular weight is 203 g/mol. The Kier molecular flexibility index (Phi) is 2.13. The molecule has 0 aliphatic rings. The molecule has 5 nitrogen and oxygen atoms in total. The maximum atomic E-state index is 10.7. The lowest BCUT2D eigenvalue weighted by molar-refractivity contribution is 0.0697. The fourth-order valence-electron chi connectivity index (χ4n) is 1.32. The van der Waals surface area contributed by atoms with Crippen molar-refractivity contribution in [2.75, 3.05) is 5.73 Å². The molecule has 1 aromatic carbocycles. The quantitative estimate of drug-likeness (QED) is 0.717. The van der Waals surface area contributed by atoms with Crippen LogP contribution in [0.15, 0.2) is 36.9 Å². The summed E-state index contributed by atoms with van der Waals surface area (Å²) in [6.07, 6.45) is 4.98. The molecule has 0 fully saturated rings. The van der Waals surface area contributed by atoms with Crippen molar-refractivity contribution in [3.8, 4) is 5.69 Å². The molecule has 1 aromatic heterocycles. The van der Waals surface area contributed by atoms with Crippen LogP contribution in [-0.2, 0) is 0 Å². The van der Waals surface area contributed by atoms with Gasteiger partial charge in [-0.1, -0.05) is 0 Å². The second kappa shape index (κ2) is 3.45. The lowest BCUT2D eigenvalue weighted by Crippen LogP contribution is -2.02. The van der Waals surface area contributed by atoms with Crippen LogP contribution in [-0.4, -0.2) is 20.6 Å². The minimum Gasteiger partial charge on any atom is -0.478 e. The van der Waals surface area contributed by atoms with Crippen LogP contribution in [0.1, 0.15) is 10.4 Å². The smallest absolute Gasteiger partial charge is 0.335 e. The molecule has 15 heavy (non-hydrogen) atoms. The molecule has 0 saturated carbocycles. The molecule has 0 radical (unpaired) electrons. The van der Waals surface area contributed by atoms with Crippen LogP contribution in [0.2, 0.25) is 0 Å². The molecule has 76 valence electrons. The summed E-state index contributed by atoms with van der Waals surface area (Å²) in [6, 6.07) is 4.59. The number of carboxylic acids is 1. The third kappa shape index (κ3) is 1.67. The number of nitrogens with two attached hydrogens (primary N) is 1. The van der Waals surface area contributed by atoms with E-state index in [0.29, 0.717) is 5.69 Å². The van der Waals surface area contributed by atoms with Gasteiger partial charge in [0, 0.05) is 12.4 Å². The van der Waals surface area contributed by atoms with Crippen molar-refractivity contribution in [3.63, 3.8) is 0 Å². The summed E-state index contributed by atoms with van der Waals surface area (Å²) in [4.78, 5) is 14.6. The van der Waals surface area contributed by atoms with E-state index in [1.54, 1.807) is 29.4 Å². The molecular formula is C10H9N3O2. The van der Waals surface area contributed by atoms with Crippen molar-refractivity contribution in [1.82, 2.24) is 9.55 Å². The van der Waals surface area contributed by atoms with Crippen LogP contribution in [0.5, 0.6) is 0 Å². The summed E-state index contributed by atoms with van der Waals surface area (Å²) in [5.74, 6) is -0.987. The third-order valence-electron chi connectivity index (χ3n) is 2.06. The number of rotatable bonds is 2. The van der Waals surface area contributed by atoms with Gasteiger partial charge in [0.1, 0.15) is 0 Å². The SMILES string of the molecule is Nc1cc(C(=O)O)ccc1-n1ccnc1. The first-order valence-electron chi connectivity index (χ1n) is 4.29. The summed E-state index contributed by atoms with van der Waals surface area (Å²) in [5.41, 5.74) is 7.05. The number of benzene rings is 1. The number of nitrogen functional groups attached to an aromatic ring is 1. The first kappa shape index (κ1) is 9.26. The number of hydrogen-bond donors (Lipinski definition) is 2. The van der Waals surface area contributed by atoms with Crippen molar-refractivity contribution >= 4 is 11.7 Å². The first-order valence-corrected chi connectivity index (χ1v) is 4.29. The van der Waals surface area contributed by atoms with Crippen LogP contribution in [0.25, 0.3) is 5.69 Å². The molecule has 0 saturated heterocycles. The van der Waals surface area contributed by atoms with Gasteiger partial charge in [-0.3, -0.25) is 0 Å². The number of nitrogens with zero attached hydrogens (tertiary/aromatic N) is 2. The zero-order valence-electron chi connectivity index (χ0n) is 7.79. The van der Waals surface area contributed by atoms with Crippen molar-refractivity contribution in [2.24, 2.45) is 0 Å². The predicted octanol–water partition coefficient (Wildman–Crippen LogP) is 1.15. The fraction of sp³-hybridized carbons (Fsp3) is 0. The van der Waals surface area contributed by atoms with E-state index in [0.717, 1.165) is 5.69 Å². The van der Waals surface area contributed by atoms with Crippen LogP contribution in [0.3, 0.4) is 0 Å². The lowest BCUT2D eigenvalue weighted by Gasteiger charge is -2.06. The minimum atomic E-state index is -0.987. The molecule has 2 rings (SSSR count). The number of carboxylic acid groups (broad SMARTS) is 1. The molecule has 0 amide bonds. The normalized spacial score (nSPS) is 10.1. The first-order chi connectivity index (χ1) is 7.18. The average Bonchev–Trinajstić information content (AvgIpc) is 2.70. The van der Waals surface area contributed by atoms with E-state index in [1.807, 2.05) is 0 Å². The van der Waals surface area contributed by atoms with Gasteiger partial charge in [0.05, 0.1) is 23.3 Å². The molecule has 1 heterocycles. The minimum absolute atomic E-state index is 0.177. The lowest BCUT2D eigenvalue weighted by atomic mass is 10.2. The molecule has 0 spiro atoms. The van der Waals surface area contributed by atoms with Gasteiger partial charge in [-0.15, -0.1) is 0 Å². The summed E-state index contributed by atoms with van der Waals surface area (Å²) in [6.45, 7) is 0. The topological polar surface area (TPSA) is 81.1 Å². The Morgan fingerprint density at radius 2 is 2.27 bits per heavy atom. The number of hydrogen-bond acceptors (Lipinski definition) is 3. The van der Waals surface area contributed by atoms with Crippen molar-refractivity contribution in [3.05, 3.63) is 42.5 Å². The van der Waals surface area contributed by atoms with Gasteiger partial charge in [0.25, 0.3) is 0 Å². The number of anilines is 1. The second-order valence-electron chi connectivity index (χ2n) is 3.05. The molecule has 0 bridgehead atoms. The largest absolute Gasteiger partial charge is 0.478 e. The van der Waals surface area contributed by atoms with Gasteiger partial charge >= 0.3 is 5.97 Å². The Morgan fingerprint density at radius 1 is 1.47 bits per heavy atom. The highest BCUT2D eigenvalue weighted by atomic mass is 16.4. The van der Waals surface area contributed by atoms with Crippen LogP contribution >= 0.6 is 0 Å². The highest BCUT2D eigenvalue weighted by molar-refractivity contribution is 5.89. The number of aromatic nitrogens is 2. The molecule has 0 aliphatic heterocycles. The summed E-state index contributed by atoms with van der Waals surface area (Å²) in [7, 11) is 0. The maximum absolute atomic E-state index is 10.7. The fourth-order valence-corrected chi connectivity index (χ4v) is 1.32. The van der Waals surface area contributed by atoms with Gasteiger partial charge in [-0.2, -0.15) is 0 Å². The summed E-state index contributed by atoms with van der Waals surface area (Å²) >= 11 is 0. The van der Waals surface area contributed by atoms with Crippen molar-refractivity contribution in [1.29, 1.82) is 0 Å². The van der Waals surface area contributed by atoms with Crippen molar-refractivity contribution in [2.45, 2.75) is 0 Å². The van der Waals surface area contributed by atoms with E-state index in [9.17, 15) is 4.79 Å². The third-order valence-corrected chi connectivity index (χ3v) is 2.06. The monoisotopic (exact) mass is 203 g/mol. The van der Waals surface area contributed by atoms with E-state index in [4.69, 9.17) is 10.8 Å². The van der Waals surface area contributed by atoms with Gasteiger partial charge in [-0.05, 0) is 18.2 Å². The molecule has 0 unspecified atom stereocenters. The van der Waals surface area contributed by atoms with Crippen LogP contribution in [0, 0.1) is 0 Å². The van der Waals surface area contributed by atoms with Gasteiger partial charge in [0.2, 0.25) is 0 Å². The van der Waals surface area contributed by atoms with Gasteiger partial charge < -0.3 is 15.4 Å². The number of aromatic carboxylic acids is 1.